The van der Waals surface area contributed by atoms with Crippen LogP contribution in [0.15, 0.2) is 78.2 Å². The maximum absolute atomic E-state index is 6.61. The minimum atomic E-state index is 0.807. The Bertz CT molecular complexity index is 1690. The number of hydrogen-bond acceptors (Lipinski definition) is 5. The molecule has 5 aromatic heterocycles. The molecule has 0 aliphatic heterocycles. The van der Waals surface area contributed by atoms with Crippen LogP contribution in [0, 0.1) is 0 Å². The van der Waals surface area contributed by atoms with E-state index in [4.69, 9.17) is 11.6 Å². The molecule has 0 N–H and O–H groups in total. The Labute approximate surface area is 262 Å². The van der Waals surface area contributed by atoms with Crippen molar-refractivity contribution in [3.05, 3.63) is 93.6 Å². The van der Waals surface area contributed by atoms with Crippen molar-refractivity contribution in [3.63, 3.8) is 0 Å². The van der Waals surface area contributed by atoms with E-state index in [1.807, 2.05) is 45.3 Å². The summed E-state index contributed by atoms with van der Waals surface area (Å²) in [4.78, 5) is 12.2. The van der Waals surface area contributed by atoms with Gasteiger partial charge in [-0.3, -0.25) is 0 Å². The first-order valence-electron chi connectivity index (χ1n) is 13.9. The molecule has 0 nitrogen and oxygen atoms in total. The SMILES string of the molecule is CCCCCCc1ccc(-c2ccc(-c3sc(-c4ccc(-c5cccs5)s4)cc3-c3cc(Cl)cc(CC)c3)s2)s1. The molecule has 6 aromatic rings. The molecule has 0 aliphatic carbocycles. The molecule has 6 heteroatoms. The van der Waals surface area contributed by atoms with Crippen LogP contribution in [0.2, 0.25) is 5.02 Å². The van der Waals surface area contributed by atoms with Crippen molar-refractivity contribution in [2.75, 3.05) is 0 Å². The first-order chi connectivity index (χ1) is 19.6. The highest BCUT2D eigenvalue weighted by Crippen LogP contribution is 2.49. The fourth-order valence-corrected chi connectivity index (χ4v) is 10.5. The molecule has 0 unspecified atom stereocenters. The van der Waals surface area contributed by atoms with Gasteiger partial charge >= 0.3 is 0 Å². The van der Waals surface area contributed by atoms with E-state index in [0.29, 0.717) is 0 Å². The maximum Gasteiger partial charge on any atom is 0.0528 e. The topological polar surface area (TPSA) is 0 Å². The number of benzene rings is 1. The van der Waals surface area contributed by atoms with Gasteiger partial charge in [-0.2, -0.15) is 0 Å². The van der Waals surface area contributed by atoms with Crippen molar-refractivity contribution >= 4 is 68.3 Å². The van der Waals surface area contributed by atoms with Gasteiger partial charge in [0, 0.05) is 49.6 Å². The lowest BCUT2D eigenvalue weighted by molar-refractivity contribution is 0.670. The lowest BCUT2D eigenvalue weighted by atomic mass is 10.0. The summed E-state index contributed by atoms with van der Waals surface area (Å²) in [6.45, 7) is 4.47. The summed E-state index contributed by atoms with van der Waals surface area (Å²) in [5, 5.41) is 2.96. The van der Waals surface area contributed by atoms with Crippen LogP contribution in [0.25, 0.3) is 50.1 Å². The third kappa shape index (κ3) is 6.25. The Kier molecular flexibility index (Phi) is 9.07. The van der Waals surface area contributed by atoms with E-state index in [1.54, 1.807) is 11.3 Å². The zero-order valence-electron chi connectivity index (χ0n) is 22.7. The molecule has 0 aliphatic rings. The van der Waals surface area contributed by atoms with E-state index in [1.165, 1.54) is 92.7 Å². The van der Waals surface area contributed by atoms with Gasteiger partial charge in [0.15, 0.2) is 0 Å². The van der Waals surface area contributed by atoms with E-state index >= 15 is 0 Å². The van der Waals surface area contributed by atoms with Crippen LogP contribution in [-0.4, -0.2) is 0 Å². The molecular formula is C34H31ClS5. The van der Waals surface area contributed by atoms with Gasteiger partial charge in [0.2, 0.25) is 0 Å². The Balaban J connectivity index is 1.36. The van der Waals surface area contributed by atoms with Crippen molar-refractivity contribution in [2.24, 2.45) is 0 Å². The molecule has 0 radical (unpaired) electrons. The van der Waals surface area contributed by atoms with Gasteiger partial charge < -0.3 is 0 Å². The zero-order valence-corrected chi connectivity index (χ0v) is 27.5. The average Bonchev–Trinajstić information content (AvgIpc) is 3.79. The second-order valence-corrected chi connectivity index (χ2v) is 15.7. The molecule has 1 aromatic carbocycles. The monoisotopic (exact) mass is 634 g/mol. The molecule has 40 heavy (non-hydrogen) atoms. The van der Waals surface area contributed by atoms with E-state index in [9.17, 15) is 0 Å². The average molecular weight is 635 g/mol. The van der Waals surface area contributed by atoms with Crippen LogP contribution in [0.5, 0.6) is 0 Å². The summed E-state index contributed by atoms with van der Waals surface area (Å²) in [5.41, 5.74) is 3.76. The van der Waals surface area contributed by atoms with Crippen molar-refractivity contribution in [1.82, 2.24) is 0 Å². The standard InChI is InChI=1S/C34H31ClS5/c1-3-5-6-7-9-25-11-12-29(37-25)30-15-16-32(39-30)34-26(23-18-22(4-2)19-24(35)20-23)21-33(40-34)31-14-13-28(38-31)27-10-8-17-36-27/h8,10-21H,3-7,9H2,1-2H3. The largest absolute Gasteiger partial charge is 0.143 e. The van der Waals surface area contributed by atoms with Gasteiger partial charge in [-0.05, 0) is 96.4 Å². The molecule has 0 fully saturated rings. The minimum absolute atomic E-state index is 0.807. The number of hydrogen-bond donors (Lipinski definition) is 0. The van der Waals surface area contributed by atoms with Crippen LogP contribution in [0.4, 0.5) is 0 Å². The van der Waals surface area contributed by atoms with Crippen LogP contribution in [0.3, 0.4) is 0 Å². The molecular weight excluding hydrogens is 604 g/mol. The van der Waals surface area contributed by atoms with Gasteiger partial charge in [-0.1, -0.05) is 56.8 Å². The van der Waals surface area contributed by atoms with Crippen LogP contribution in [-0.2, 0) is 12.8 Å². The van der Waals surface area contributed by atoms with Crippen LogP contribution >= 0.6 is 68.3 Å². The maximum atomic E-state index is 6.61. The molecule has 0 atom stereocenters. The molecule has 0 saturated carbocycles. The fourth-order valence-electron chi connectivity index (χ4n) is 4.90. The first-order valence-corrected chi connectivity index (χ1v) is 18.4. The van der Waals surface area contributed by atoms with E-state index in [2.05, 4.69) is 92.0 Å². The smallest absolute Gasteiger partial charge is 0.0528 e. The van der Waals surface area contributed by atoms with Gasteiger partial charge in [-0.15, -0.1) is 56.7 Å². The summed E-state index contributed by atoms with van der Waals surface area (Å²) in [6, 6.07) is 27.1. The Morgan fingerprint density at radius 1 is 0.625 bits per heavy atom. The molecule has 5 heterocycles. The van der Waals surface area contributed by atoms with Gasteiger partial charge in [0.1, 0.15) is 0 Å². The predicted molar refractivity (Wildman–Crippen MR) is 185 cm³/mol. The molecule has 204 valence electrons. The summed E-state index contributed by atoms with van der Waals surface area (Å²) >= 11 is 16.1. The Morgan fingerprint density at radius 2 is 1.35 bits per heavy atom. The highest BCUT2D eigenvalue weighted by atomic mass is 35.5. The van der Waals surface area contributed by atoms with Crippen molar-refractivity contribution in [2.45, 2.75) is 52.4 Å². The molecule has 6 rings (SSSR count). The van der Waals surface area contributed by atoms with Crippen molar-refractivity contribution in [1.29, 1.82) is 0 Å². The van der Waals surface area contributed by atoms with Gasteiger partial charge in [0.25, 0.3) is 0 Å². The van der Waals surface area contributed by atoms with E-state index in [0.717, 1.165) is 11.4 Å². The van der Waals surface area contributed by atoms with Crippen LogP contribution in [0.1, 0.15) is 50.0 Å². The predicted octanol–water partition coefficient (Wildman–Crippen LogP) is 13.7. The highest BCUT2D eigenvalue weighted by molar-refractivity contribution is 7.30. The van der Waals surface area contributed by atoms with Gasteiger partial charge in [0.05, 0.1) is 4.88 Å². The summed E-state index contributed by atoms with van der Waals surface area (Å²) in [6.07, 6.45) is 7.42. The Morgan fingerprint density at radius 3 is 2.12 bits per heavy atom. The molecule has 0 saturated heterocycles. The lowest BCUT2D eigenvalue weighted by Crippen LogP contribution is -1.84. The number of unbranched alkanes of at least 4 members (excludes halogenated alkanes) is 3. The highest BCUT2D eigenvalue weighted by Gasteiger charge is 2.19. The van der Waals surface area contributed by atoms with E-state index < -0.39 is 0 Å². The summed E-state index contributed by atoms with van der Waals surface area (Å²) in [7, 11) is 0. The molecule has 0 spiro atoms. The Hall–Kier alpha value is -1.99. The second kappa shape index (κ2) is 12.9. The van der Waals surface area contributed by atoms with E-state index in [-0.39, 0.29) is 0 Å². The second-order valence-electron chi connectivity index (χ2n) is 9.94. The third-order valence-electron chi connectivity index (χ3n) is 7.03. The van der Waals surface area contributed by atoms with Gasteiger partial charge in [-0.25, -0.2) is 0 Å². The quantitative estimate of drug-likeness (QED) is 0.124. The minimum Gasteiger partial charge on any atom is -0.143 e. The van der Waals surface area contributed by atoms with Crippen molar-refractivity contribution < 1.29 is 0 Å². The number of rotatable bonds is 11. The summed E-state index contributed by atoms with van der Waals surface area (Å²) in [5.74, 6) is 0. The van der Waals surface area contributed by atoms with Crippen LogP contribution < -0.4 is 0 Å². The molecule has 0 amide bonds. The first kappa shape index (κ1) is 28.1. The summed E-state index contributed by atoms with van der Waals surface area (Å²) < 4.78 is 0. The number of halogens is 1. The normalized spacial score (nSPS) is 11.5. The number of thiophene rings is 5. The van der Waals surface area contributed by atoms with Crippen molar-refractivity contribution in [3.8, 4) is 50.1 Å². The third-order valence-corrected chi connectivity index (χ3v) is 13.3. The zero-order chi connectivity index (χ0) is 27.5. The molecule has 0 bridgehead atoms. The lowest BCUT2D eigenvalue weighted by Gasteiger charge is -2.06. The fraction of sp³-hybridized carbons (Fsp3) is 0.235. The number of aryl methyl sites for hydroxylation is 2.